The largest absolute Gasteiger partial charge is 0.459 e. The van der Waals surface area contributed by atoms with E-state index in [1.54, 1.807) is 4.90 Å². The molecule has 0 aromatic heterocycles. The Morgan fingerprint density at radius 2 is 1.65 bits per heavy atom. The second-order valence-electron chi connectivity index (χ2n) is 10.5. The van der Waals surface area contributed by atoms with Crippen LogP contribution in [0.2, 0.25) is 0 Å². The van der Waals surface area contributed by atoms with Crippen molar-refractivity contribution in [1.29, 1.82) is 0 Å². The van der Waals surface area contributed by atoms with Gasteiger partial charge in [-0.1, -0.05) is 81.4 Å². The van der Waals surface area contributed by atoms with Crippen LogP contribution in [0.5, 0.6) is 0 Å². The van der Waals surface area contributed by atoms with Crippen molar-refractivity contribution in [2.45, 2.75) is 77.5 Å². The molecule has 0 radical (unpaired) electrons. The molecule has 2 saturated heterocycles. The van der Waals surface area contributed by atoms with Gasteiger partial charge < -0.3 is 19.7 Å². The Morgan fingerprint density at radius 1 is 1.06 bits per heavy atom. The molecule has 4 atom stereocenters. The molecule has 6 heteroatoms. The third kappa shape index (κ3) is 4.75. The zero-order valence-electron chi connectivity index (χ0n) is 20.6. The molecule has 6 nitrogen and oxygen atoms in total. The fraction of sp³-hybridized carbons (Fsp3) is 0.500. The van der Waals surface area contributed by atoms with Gasteiger partial charge in [0, 0.05) is 0 Å². The fourth-order valence-corrected chi connectivity index (χ4v) is 5.50. The van der Waals surface area contributed by atoms with Gasteiger partial charge in [-0.15, -0.1) is 0 Å². The van der Waals surface area contributed by atoms with E-state index in [0.29, 0.717) is 6.61 Å². The SMILES string of the molecule is C[C@@H](OCc1ccccc1)[C@@H](C(=O)OCc1ccccc1)N1C(=O)C2(CCCN2)[C@H]1C(C)(C)C. The van der Waals surface area contributed by atoms with E-state index >= 15 is 0 Å². The van der Waals surface area contributed by atoms with Crippen molar-refractivity contribution < 1.29 is 19.1 Å². The zero-order chi connectivity index (χ0) is 24.3. The van der Waals surface area contributed by atoms with Crippen molar-refractivity contribution in [3.05, 3.63) is 71.8 Å². The van der Waals surface area contributed by atoms with Gasteiger partial charge in [0.25, 0.3) is 0 Å². The number of β-lactam (4-membered cyclic amide) rings is 1. The van der Waals surface area contributed by atoms with Gasteiger partial charge in [0.15, 0.2) is 6.04 Å². The van der Waals surface area contributed by atoms with Gasteiger partial charge in [-0.25, -0.2) is 4.79 Å². The van der Waals surface area contributed by atoms with Crippen molar-refractivity contribution in [3.8, 4) is 0 Å². The molecule has 2 heterocycles. The third-order valence-corrected chi connectivity index (χ3v) is 6.94. The summed E-state index contributed by atoms with van der Waals surface area (Å²) in [6.45, 7) is 9.57. The summed E-state index contributed by atoms with van der Waals surface area (Å²) in [6.07, 6.45) is 1.21. The highest BCUT2D eigenvalue weighted by Gasteiger charge is 2.67. The molecule has 1 amide bonds. The lowest BCUT2D eigenvalue weighted by Crippen LogP contribution is -2.84. The maximum Gasteiger partial charge on any atom is 0.331 e. The van der Waals surface area contributed by atoms with E-state index in [-0.39, 0.29) is 24.0 Å². The van der Waals surface area contributed by atoms with Crippen molar-refractivity contribution >= 4 is 11.9 Å². The first-order chi connectivity index (χ1) is 16.2. The number of hydrogen-bond acceptors (Lipinski definition) is 5. The van der Waals surface area contributed by atoms with Gasteiger partial charge in [-0.3, -0.25) is 4.79 Å². The van der Waals surface area contributed by atoms with E-state index in [2.05, 4.69) is 26.1 Å². The van der Waals surface area contributed by atoms with Crippen LogP contribution < -0.4 is 5.32 Å². The van der Waals surface area contributed by atoms with Gasteiger partial charge in [0.2, 0.25) is 5.91 Å². The average Bonchev–Trinajstić information content (AvgIpc) is 3.33. The van der Waals surface area contributed by atoms with E-state index in [0.717, 1.165) is 30.5 Å². The number of nitrogens with zero attached hydrogens (tertiary/aromatic N) is 1. The number of esters is 1. The summed E-state index contributed by atoms with van der Waals surface area (Å²) in [7, 11) is 0. The first-order valence-corrected chi connectivity index (χ1v) is 12.2. The van der Waals surface area contributed by atoms with Crippen LogP contribution in [0.25, 0.3) is 0 Å². The van der Waals surface area contributed by atoms with E-state index in [4.69, 9.17) is 9.47 Å². The minimum Gasteiger partial charge on any atom is -0.459 e. The first-order valence-electron chi connectivity index (χ1n) is 12.2. The van der Waals surface area contributed by atoms with E-state index in [1.807, 2.05) is 67.6 Å². The Morgan fingerprint density at radius 3 is 2.18 bits per heavy atom. The summed E-state index contributed by atoms with van der Waals surface area (Å²) in [5.74, 6) is -0.457. The van der Waals surface area contributed by atoms with Crippen LogP contribution >= 0.6 is 0 Å². The summed E-state index contributed by atoms with van der Waals surface area (Å²) in [4.78, 5) is 28.9. The van der Waals surface area contributed by atoms with Crippen LogP contribution in [0.1, 0.15) is 51.7 Å². The van der Waals surface area contributed by atoms with Crippen LogP contribution in [0.4, 0.5) is 0 Å². The Bertz CT molecular complexity index is 980. The molecule has 2 aliphatic heterocycles. The van der Waals surface area contributed by atoms with Crippen LogP contribution in [-0.2, 0) is 32.3 Å². The van der Waals surface area contributed by atoms with Crippen LogP contribution in [0.3, 0.4) is 0 Å². The Kier molecular flexibility index (Phi) is 7.10. The van der Waals surface area contributed by atoms with Crippen LogP contribution in [0, 0.1) is 5.41 Å². The standard InChI is InChI=1S/C28H36N2O4/c1-20(33-18-21-12-7-5-8-13-21)23(24(31)34-19-22-14-9-6-10-15-22)30-25(27(2,3)4)28(26(30)32)16-11-17-29-28/h5-10,12-15,20,23,25,29H,11,16-19H2,1-4H3/t20-,23+,25-,28?/m1/s1. The molecule has 1 unspecified atom stereocenters. The van der Waals surface area contributed by atoms with Crippen molar-refractivity contribution in [2.24, 2.45) is 5.41 Å². The number of carbonyl (C=O) groups excluding carboxylic acids is 2. The quantitative estimate of drug-likeness (QED) is 0.471. The highest BCUT2D eigenvalue weighted by molar-refractivity contribution is 5.98. The number of benzene rings is 2. The summed E-state index contributed by atoms with van der Waals surface area (Å²) < 4.78 is 11.9. The number of rotatable bonds is 8. The fourth-order valence-electron chi connectivity index (χ4n) is 5.50. The molecule has 0 aliphatic carbocycles. The predicted octanol–water partition coefficient (Wildman–Crippen LogP) is 4.08. The van der Waals surface area contributed by atoms with Crippen LogP contribution in [0.15, 0.2) is 60.7 Å². The zero-order valence-corrected chi connectivity index (χ0v) is 20.6. The Balaban J connectivity index is 1.58. The van der Waals surface area contributed by atoms with Crippen molar-refractivity contribution in [2.75, 3.05) is 6.54 Å². The molecule has 1 N–H and O–H groups in total. The molecule has 2 aromatic carbocycles. The molecule has 1 spiro atoms. The Hall–Kier alpha value is -2.70. The number of carbonyl (C=O) groups is 2. The number of likely N-dealkylation sites (tertiary alicyclic amines) is 1. The number of ether oxygens (including phenoxy) is 2. The normalized spacial score (nSPS) is 24.1. The Labute approximate surface area is 202 Å². The van der Waals surface area contributed by atoms with E-state index < -0.39 is 23.7 Å². The van der Waals surface area contributed by atoms with Gasteiger partial charge >= 0.3 is 5.97 Å². The number of amides is 1. The van der Waals surface area contributed by atoms with Crippen LogP contribution in [-0.4, -0.2) is 47.0 Å². The molecule has 34 heavy (non-hydrogen) atoms. The second kappa shape index (κ2) is 9.88. The van der Waals surface area contributed by atoms with Gasteiger partial charge in [0.1, 0.15) is 12.1 Å². The second-order valence-corrected chi connectivity index (χ2v) is 10.5. The molecule has 2 aromatic rings. The molecule has 0 saturated carbocycles. The maximum atomic E-state index is 13.6. The molecular weight excluding hydrogens is 428 g/mol. The molecule has 182 valence electrons. The average molecular weight is 465 g/mol. The van der Waals surface area contributed by atoms with E-state index in [1.165, 1.54) is 0 Å². The molecule has 4 rings (SSSR count). The van der Waals surface area contributed by atoms with Gasteiger partial charge in [-0.2, -0.15) is 0 Å². The molecule has 2 fully saturated rings. The van der Waals surface area contributed by atoms with E-state index in [9.17, 15) is 9.59 Å². The highest BCUT2D eigenvalue weighted by atomic mass is 16.5. The lowest BCUT2D eigenvalue weighted by atomic mass is 9.64. The third-order valence-electron chi connectivity index (χ3n) is 6.94. The predicted molar refractivity (Wildman–Crippen MR) is 131 cm³/mol. The monoisotopic (exact) mass is 464 g/mol. The summed E-state index contributed by atoms with van der Waals surface area (Å²) >= 11 is 0. The number of nitrogens with one attached hydrogen (secondary N) is 1. The first kappa shape index (κ1) is 24.4. The molecule has 2 aliphatic rings. The maximum absolute atomic E-state index is 13.6. The van der Waals surface area contributed by atoms with Crippen molar-refractivity contribution in [1.82, 2.24) is 10.2 Å². The number of hydrogen-bond donors (Lipinski definition) is 1. The summed E-state index contributed by atoms with van der Waals surface area (Å²) in [5, 5.41) is 3.47. The topological polar surface area (TPSA) is 67.9 Å². The smallest absolute Gasteiger partial charge is 0.331 e. The molecule has 0 bridgehead atoms. The summed E-state index contributed by atoms with van der Waals surface area (Å²) in [5.41, 5.74) is 1.10. The lowest BCUT2D eigenvalue weighted by molar-refractivity contribution is -0.194. The summed E-state index contributed by atoms with van der Waals surface area (Å²) in [6, 6.07) is 18.5. The minimum absolute atomic E-state index is 0.0262. The molecular formula is C28H36N2O4. The minimum atomic E-state index is -0.822. The lowest BCUT2D eigenvalue weighted by Gasteiger charge is -2.61. The highest BCUT2D eigenvalue weighted by Crippen LogP contribution is 2.48. The van der Waals surface area contributed by atoms with Gasteiger partial charge in [0.05, 0.1) is 18.8 Å². The van der Waals surface area contributed by atoms with Gasteiger partial charge in [-0.05, 0) is 42.9 Å². The van der Waals surface area contributed by atoms with Crippen molar-refractivity contribution in [3.63, 3.8) is 0 Å².